The Morgan fingerprint density at radius 3 is 2.18 bits per heavy atom. The first-order valence-electron chi connectivity index (χ1n) is 5.83. The molecule has 0 aromatic heterocycles. The number of hydrogen-bond donors (Lipinski definition) is 0. The summed E-state index contributed by atoms with van der Waals surface area (Å²) in [7, 11) is -4.79. The van der Waals surface area contributed by atoms with Crippen LogP contribution in [0.5, 0.6) is 0 Å². The van der Waals surface area contributed by atoms with Crippen LogP contribution < -0.4 is 0 Å². The van der Waals surface area contributed by atoms with Gasteiger partial charge in [-0.1, -0.05) is 56.0 Å². The van der Waals surface area contributed by atoms with Crippen molar-refractivity contribution in [3.8, 4) is 0 Å². The second kappa shape index (κ2) is 4.10. The molecule has 92 valence electrons. The van der Waals surface area contributed by atoms with Crippen LogP contribution in [0.1, 0.15) is 12.0 Å². The van der Waals surface area contributed by atoms with Crippen molar-refractivity contribution in [3.05, 3.63) is 42.0 Å². The Kier molecular flexibility index (Phi) is 3.04. The predicted molar refractivity (Wildman–Crippen MR) is 75.1 cm³/mol. The molecular formula is C13H18O2SSi. The van der Waals surface area contributed by atoms with Crippen molar-refractivity contribution in [2.45, 2.75) is 30.9 Å². The SMILES string of the molecule is C[Si](C)(C)C1CC=C(c2ccccc2)S1(=O)=O. The average molecular weight is 266 g/mol. The molecule has 1 aromatic rings. The van der Waals surface area contributed by atoms with Gasteiger partial charge in [-0.25, -0.2) is 8.42 Å². The van der Waals surface area contributed by atoms with Gasteiger partial charge in [0, 0.05) is 0 Å². The first kappa shape index (κ1) is 12.6. The van der Waals surface area contributed by atoms with Gasteiger partial charge in [-0.15, -0.1) is 0 Å². The molecule has 0 aliphatic carbocycles. The molecule has 0 radical (unpaired) electrons. The quantitative estimate of drug-likeness (QED) is 0.771. The molecule has 0 fully saturated rings. The van der Waals surface area contributed by atoms with E-state index < -0.39 is 17.9 Å². The molecule has 0 N–H and O–H groups in total. The van der Waals surface area contributed by atoms with Gasteiger partial charge in [0.2, 0.25) is 0 Å². The highest BCUT2D eigenvalue weighted by Gasteiger charge is 2.43. The highest BCUT2D eigenvalue weighted by molar-refractivity contribution is 8.03. The van der Waals surface area contributed by atoms with E-state index in [9.17, 15) is 8.42 Å². The molecule has 2 rings (SSSR count). The molecule has 17 heavy (non-hydrogen) atoms. The lowest BCUT2D eigenvalue weighted by molar-refractivity contribution is 0.603. The molecule has 1 unspecified atom stereocenters. The molecule has 1 aliphatic heterocycles. The minimum atomic E-state index is -3.12. The minimum Gasteiger partial charge on any atom is -0.224 e. The molecule has 0 saturated heterocycles. The summed E-state index contributed by atoms with van der Waals surface area (Å²) in [5.41, 5.74) is 0.827. The van der Waals surface area contributed by atoms with Crippen molar-refractivity contribution in [3.63, 3.8) is 0 Å². The Labute approximate surface area is 104 Å². The maximum absolute atomic E-state index is 12.5. The van der Waals surface area contributed by atoms with Gasteiger partial charge < -0.3 is 0 Å². The van der Waals surface area contributed by atoms with Gasteiger partial charge in [0.1, 0.15) is 0 Å². The lowest BCUT2D eigenvalue weighted by atomic mass is 10.2. The van der Waals surface area contributed by atoms with Gasteiger partial charge in [-0.2, -0.15) is 0 Å². The Morgan fingerprint density at radius 2 is 1.71 bits per heavy atom. The van der Waals surface area contributed by atoms with E-state index in [1.165, 1.54) is 0 Å². The molecule has 0 bridgehead atoms. The van der Waals surface area contributed by atoms with Crippen molar-refractivity contribution < 1.29 is 8.42 Å². The van der Waals surface area contributed by atoms with Crippen LogP contribution in [0.3, 0.4) is 0 Å². The van der Waals surface area contributed by atoms with E-state index in [1.54, 1.807) is 0 Å². The topological polar surface area (TPSA) is 34.1 Å². The van der Waals surface area contributed by atoms with Gasteiger partial charge in [-0.3, -0.25) is 0 Å². The van der Waals surface area contributed by atoms with E-state index in [0.29, 0.717) is 11.3 Å². The van der Waals surface area contributed by atoms with Gasteiger partial charge in [0.15, 0.2) is 9.84 Å². The molecule has 0 saturated carbocycles. The Morgan fingerprint density at radius 1 is 1.12 bits per heavy atom. The summed E-state index contributed by atoms with van der Waals surface area (Å²) >= 11 is 0. The van der Waals surface area contributed by atoms with Crippen LogP contribution in [0.15, 0.2) is 36.4 Å². The van der Waals surface area contributed by atoms with E-state index >= 15 is 0 Å². The van der Waals surface area contributed by atoms with Gasteiger partial charge in [0.25, 0.3) is 0 Å². The molecule has 0 spiro atoms. The third-order valence-corrected chi connectivity index (χ3v) is 10.4. The average Bonchev–Trinajstić information content (AvgIpc) is 2.54. The summed E-state index contributed by atoms with van der Waals surface area (Å²) in [6.07, 6.45) is 2.58. The van der Waals surface area contributed by atoms with Crippen LogP contribution in [-0.4, -0.2) is 21.4 Å². The molecule has 1 aromatic carbocycles. The third kappa shape index (κ3) is 2.24. The van der Waals surface area contributed by atoms with Crippen molar-refractivity contribution in [2.24, 2.45) is 0 Å². The molecule has 0 amide bonds. The third-order valence-electron chi connectivity index (χ3n) is 3.22. The summed E-state index contributed by atoms with van der Waals surface area (Å²) < 4.78 is 25.0. The smallest absolute Gasteiger partial charge is 0.179 e. The standard InChI is InChI=1S/C13H18O2SSi/c1-17(2,3)13-10-9-12(16(13,14)15)11-7-5-4-6-8-11/h4-9,13H,10H2,1-3H3. The second-order valence-electron chi connectivity index (χ2n) is 5.57. The lowest BCUT2D eigenvalue weighted by Gasteiger charge is -2.24. The minimum absolute atomic E-state index is 0.162. The fourth-order valence-electron chi connectivity index (χ4n) is 2.31. The maximum atomic E-state index is 12.5. The van der Waals surface area contributed by atoms with Crippen LogP contribution in [0.25, 0.3) is 4.91 Å². The lowest BCUT2D eigenvalue weighted by Crippen LogP contribution is -2.41. The summed E-state index contributed by atoms with van der Waals surface area (Å²) in [6, 6.07) is 9.41. The summed E-state index contributed by atoms with van der Waals surface area (Å²) in [5, 5.41) is 0. The highest BCUT2D eigenvalue weighted by Crippen LogP contribution is 2.37. The van der Waals surface area contributed by atoms with Crippen LogP contribution in [0.4, 0.5) is 0 Å². The van der Waals surface area contributed by atoms with Gasteiger partial charge >= 0.3 is 0 Å². The molecule has 1 heterocycles. The fraction of sp³-hybridized carbons (Fsp3) is 0.385. The normalized spacial score (nSPS) is 23.5. The molecule has 2 nitrogen and oxygen atoms in total. The second-order valence-corrected chi connectivity index (χ2v) is 13.5. The van der Waals surface area contributed by atoms with Crippen molar-refractivity contribution in [1.82, 2.24) is 0 Å². The number of hydrogen-bond acceptors (Lipinski definition) is 2. The van der Waals surface area contributed by atoms with Gasteiger partial charge in [-0.05, 0) is 12.0 Å². The maximum Gasteiger partial charge on any atom is 0.179 e. The van der Waals surface area contributed by atoms with E-state index in [4.69, 9.17) is 0 Å². The summed E-state index contributed by atoms with van der Waals surface area (Å²) in [4.78, 5) is 0.371. The summed E-state index contributed by atoms with van der Waals surface area (Å²) in [6.45, 7) is 6.37. The summed E-state index contributed by atoms with van der Waals surface area (Å²) in [5.74, 6) is 0. The number of sulfone groups is 1. The zero-order chi connectivity index (χ0) is 12.7. The molecule has 1 aliphatic rings. The largest absolute Gasteiger partial charge is 0.224 e. The Bertz CT molecular complexity index is 539. The van der Waals surface area contributed by atoms with Crippen LogP contribution in [-0.2, 0) is 9.84 Å². The monoisotopic (exact) mass is 266 g/mol. The first-order chi connectivity index (χ1) is 7.83. The van der Waals surface area contributed by atoms with Crippen LogP contribution in [0.2, 0.25) is 19.6 Å². The van der Waals surface area contributed by atoms with E-state index in [1.807, 2.05) is 36.4 Å². The zero-order valence-electron chi connectivity index (χ0n) is 10.5. The number of allylic oxidation sites excluding steroid dienone is 1. The van der Waals surface area contributed by atoms with Gasteiger partial charge in [0.05, 0.1) is 17.9 Å². The highest BCUT2D eigenvalue weighted by atomic mass is 32.2. The van der Waals surface area contributed by atoms with Crippen molar-refractivity contribution in [2.75, 3.05) is 0 Å². The zero-order valence-corrected chi connectivity index (χ0v) is 12.3. The van der Waals surface area contributed by atoms with E-state index in [-0.39, 0.29) is 4.87 Å². The molecule has 4 heteroatoms. The fourth-order valence-corrected chi connectivity index (χ4v) is 8.69. The Hall–Kier alpha value is -0.873. The number of benzene rings is 1. The van der Waals surface area contributed by atoms with Crippen LogP contribution >= 0.6 is 0 Å². The Balaban J connectivity index is 2.43. The van der Waals surface area contributed by atoms with Crippen molar-refractivity contribution >= 4 is 22.8 Å². The molecule has 1 atom stereocenters. The predicted octanol–water partition coefficient (Wildman–Crippen LogP) is 3.09. The first-order valence-corrected chi connectivity index (χ1v) is 11.0. The molecular weight excluding hydrogens is 248 g/mol. The number of rotatable bonds is 2. The van der Waals surface area contributed by atoms with E-state index in [0.717, 1.165) is 5.56 Å². The van der Waals surface area contributed by atoms with Crippen molar-refractivity contribution in [1.29, 1.82) is 0 Å². The van der Waals surface area contributed by atoms with E-state index in [2.05, 4.69) is 19.6 Å². The van der Waals surface area contributed by atoms with Crippen LogP contribution in [0, 0.1) is 0 Å².